The summed E-state index contributed by atoms with van der Waals surface area (Å²) in [6, 6.07) is 13.8. The Morgan fingerprint density at radius 3 is 2.56 bits per heavy atom. The first-order valence-corrected chi connectivity index (χ1v) is 9.26. The molecule has 0 amide bonds. The van der Waals surface area contributed by atoms with Gasteiger partial charge in [-0.25, -0.2) is 0 Å². The number of halogens is 1. The molecule has 0 aromatic heterocycles. The molecular weight excluding hydrogens is 332 g/mol. The van der Waals surface area contributed by atoms with E-state index in [-0.39, 0.29) is 17.5 Å². The Morgan fingerprint density at radius 1 is 1.20 bits per heavy atom. The van der Waals surface area contributed by atoms with Crippen LogP contribution in [0.25, 0.3) is 0 Å². The Morgan fingerprint density at radius 2 is 1.92 bits per heavy atom. The van der Waals surface area contributed by atoms with Crippen LogP contribution in [-0.4, -0.2) is 16.5 Å². The van der Waals surface area contributed by atoms with E-state index in [0.717, 1.165) is 36.1 Å². The van der Waals surface area contributed by atoms with Gasteiger partial charge in [0.15, 0.2) is 0 Å². The number of phenolic OH excluding ortho intramolecular Hbond substituents is 1. The maximum absolute atomic E-state index is 10.3. The van der Waals surface area contributed by atoms with Crippen LogP contribution < -0.4 is 5.32 Å². The fourth-order valence-electron chi connectivity index (χ4n) is 3.28. The van der Waals surface area contributed by atoms with E-state index in [9.17, 15) is 5.11 Å². The number of nitrogens with zero attached hydrogens (tertiary/aromatic N) is 1. The first-order chi connectivity index (χ1) is 11.9. The molecule has 0 aliphatic carbocycles. The van der Waals surface area contributed by atoms with E-state index in [4.69, 9.17) is 16.6 Å². The number of phenols is 1. The summed E-state index contributed by atoms with van der Waals surface area (Å²) in [6.07, 6.45) is 2.61. The Labute approximate surface area is 154 Å². The van der Waals surface area contributed by atoms with Crippen LogP contribution in [0.15, 0.2) is 47.5 Å². The minimum absolute atomic E-state index is 0.0259. The number of nitrogens with one attached hydrogen (secondary N) is 1. The van der Waals surface area contributed by atoms with Crippen LogP contribution in [0.1, 0.15) is 56.3 Å². The average Bonchev–Trinajstić information content (AvgIpc) is 2.63. The van der Waals surface area contributed by atoms with E-state index in [1.54, 1.807) is 12.1 Å². The van der Waals surface area contributed by atoms with Gasteiger partial charge in [0.05, 0.1) is 0 Å². The second-order valence-corrected chi connectivity index (χ2v) is 7.28. The predicted octanol–water partition coefficient (Wildman–Crippen LogP) is 5.26. The maximum atomic E-state index is 10.3. The molecule has 0 radical (unpaired) electrons. The number of aryl methyl sites for hydroxylation is 1. The fraction of sp³-hybridized carbons (Fsp3) is 0.381. The van der Waals surface area contributed by atoms with Crippen LogP contribution in [0.2, 0.25) is 5.02 Å². The highest BCUT2D eigenvalue weighted by molar-refractivity contribution is 6.30. The summed E-state index contributed by atoms with van der Waals surface area (Å²) in [7, 11) is 0. The largest absolute Gasteiger partial charge is 0.508 e. The first-order valence-electron chi connectivity index (χ1n) is 8.88. The van der Waals surface area contributed by atoms with Gasteiger partial charge in [-0.3, -0.25) is 10.3 Å². The molecule has 0 spiro atoms. The topological polar surface area (TPSA) is 44.6 Å². The summed E-state index contributed by atoms with van der Waals surface area (Å²) in [5.74, 6) is 0.267. The first kappa shape index (κ1) is 18.0. The SMILES string of the molecule is CCc1ccc(C2=N[C@](C)(CC)N[C@@H](c3cc(Cl)ccc3O)C2)cc1. The lowest BCUT2D eigenvalue weighted by Crippen LogP contribution is -2.47. The fourth-order valence-corrected chi connectivity index (χ4v) is 3.46. The van der Waals surface area contributed by atoms with Gasteiger partial charge >= 0.3 is 0 Å². The lowest BCUT2D eigenvalue weighted by molar-refractivity contribution is 0.295. The minimum atomic E-state index is -0.365. The third kappa shape index (κ3) is 3.88. The lowest BCUT2D eigenvalue weighted by Gasteiger charge is -2.37. The molecule has 0 unspecified atom stereocenters. The molecule has 2 aromatic rings. The van der Waals surface area contributed by atoms with Gasteiger partial charge in [0.2, 0.25) is 0 Å². The average molecular weight is 357 g/mol. The molecule has 3 nitrogen and oxygen atoms in total. The Hall–Kier alpha value is -1.84. The van der Waals surface area contributed by atoms with Crippen LogP contribution >= 0.6 is 11.6 Å². The summed E-state index contributed by atoms with van der Waals surface area (Å²) in [5, 5.41) is 14.5. The van der Waals surface area contributed by atoms with Gasteiger partial charge in [0.25, 0.3) is 0 Å². The molecule has 2 atom stereocenters. The van der Waals surface area contributed by atoms with E-state index in [1.165, 1.54) is 5.56 Å². The molecule has 4 heteroatoms. The molecule has 0 saturated carbocycles. The summed E-state index contributed by atoms with van der Waals surface area (Å²) in [4.78, 5) is 4.98. The molecule has 132 valence electrons. The number of hydrogen-bond acceptors (Lipinski definition) is 3. The van der Waals surface area contributed by atoms with Crippen LogP contribution in [0.5, 0.6) is 5.75 Å². The lowest BCUT2D eigenvalue weighted by atomic mass is 9.91. The highest BCUT2D eigenvalue weighted by atomic mass is 35.5. The summed E-state index contributed by atoms with van der Waals surface area (Å²) >= 11 is 6.16. The van der Waals surface area contributed by atoms with Crippen LogP contribution in [0.3, 0.4) is 0 Å². The van der Waals surface area contributed by atoms with Gasteiger partial charge in [0.1, 0.15) is 11.4 Å². The molecule has 2 aromatic carbocycles. The van der Waals surface area contributed by atoms with E-state index in [1.807, 2.05) is 6.07 Å². The molecule has 1 aliphatic rings. The molecule has 1 aliphatic heterocycles. The van der Waals surface area contributed by atoms with Crippen molar-refractivity contribution in [3.8, 4) is 5.75 Å². The number of rotatable bonds is 4. The monoisotopic (exact) mass is 356 g/mol. The zero-order valence-electron chi connectivity index (χ0n) is 15.0. The van der Waals surface area contributed by atoms with Crippen molar-refractivity contribution in [3.05, 3.63) is 64.2 Å². The Kier molecular flexibility index (Phi) is 5.16. The number of hydrogen-bond donors (Lipinski definition) is 2. The molecular formula is C21H25ClN2O. The van der Waals surface area contributed by atoms with Gasteiger partial charge in [-0.2, -0.15) is 0 Å². The van der Waals surface area contributed by atoms with Gasteiger partial charge in [-0.1, -0.05) is 49.7 Å². The molecule has 25 heavy (non-hydrogen) atoms. The highest BCUT2D eigenvalue weighted by Crippen LogP contribution is 2.35. The van der Waals surface area contributed by atoms with E-state index in [2.05, 4.69) is 50.4 Å². The molecule has 2 N–H and O–H groups in total. The maximum Gasteiger partial charge on any atom is 0.120 e. The molecule has 0 bridgehead atoms. The van der Waals surface area contributed by atoms with Crippen molar-refractivity contribution in [2.75, 3.05) is 0 Å². The third-order valence-corrected chi connectivity index (χ3v) is 5.25. The number of benzene rings is 2. The van der Waals surface area contributed by atoms with Crippen molar-refractivity contribution in [2.24, 2.45) is 4.99 Å². The van der Waals surface area contributed by atoms with Crippen molar-refractivity contribution in [2.45, 2.75) is 51.7 Å². The molecule has 0 saturated heterocycles. The van der Waals surface area contributed by atoms with Gasteiger partial charge in [-0.15, -0.1) is 0 Å². The van der Waals surface area contributed by atoms with Crippen LogP contribution in [-0.2, 0) is 6.42 Å². The number of aromatic hydroxyl groups is 1. The quantitative estimate of drug-likeness (QED) is 0.785. The zero-order valence-corrected chi connectivity index (χ0v) is 15.8. The van der Waals surface area contributed by atoms with Crippen molar-refractivity contribution in [1.29, 1.82) is 0 Å². The normalized spacial score (nSPS) is 23.4. The summed E-state index contributed by atoms with van der Waals surface area (Å²) in [5.41, 5.74) is 3.99. The van der Waals surface area contributed by atoms with Gasteiger partial charge in [0, 0.05) is 28.8 Å². The highest BCUT2D eigenvalue weighted by Gasteiger charge is 2.33. The smallest absolute Gasteiger partial charge is 0.120 e. The van der Waals surface area contributed by atoms with Gasteiger partial charge in [-0.05, 0) is 49.1 Å². The molecule has 1 heterocycles. The van der Waals surface area contributed by atoms with E-state index in [0.29, 0.717) is 5.02 Å². The third-order valence-electron chi connectivity index (χ3n) is 5.01. The second-order valence-electron chi connectivity index (χ2n) is 6.84. The Balaban J connectivity index is 1.99. The second kappa shape index (κ2) is 7.19. The zero-order chi connectivity index (χ0) is 18.0. The molecule has 3 rings (SSSR count). The number of aliphatic imine (C=N–C) groups is 1. The van der Waals surface area contributed by atoms with E-state index >= 15 is 0 Å². The van der Waals surface area contributed by atoms with Crippen molar-refractivity contribution < 1.29 is 5.11 Å². The summed E-state index contributed by atoms with van der Waals surface area (Å²) < 4.78 is 0. The van der Waals surface area contributed by atoms with E-state index < -0.39 is 0 Å². The molecule has 0 fully saturated rings. The van der Waals surface area contributed by atoms with Crippen molar-refractivity contribution in [1.82, 2.24) is 5.32 Å². The van der Waals surface area contributed by atoms with Crippen molar-refractivity contribution in [3.63, 3.8) is 0 Å². The van der Waals surface area contributed by atoms with Crippen molar-refractivity contribution >= 4 is 17.3 Å². The standard InChI is InChI=1S/C21H25ClN2O/c1-4-14-6-8-15(9-7-14)18-13-19(24-21(3,5-2)23-18)17-12-16(22)10-11-20(17)25/h6-12,19,24-25H,4-5,13H2,1-3H3/t19-,21+/m1/s1. The minimum Gasteiger partial charge on any atom is -0.508 e. The predicted molar refractivity (Wildman–Crippen MR) is 105 cm³/mol. The Bertz CT molecular complexity index is 785. The summed E-state index contributed by atoms with van der Waals surface area (Å²) in [6.45, 7) is 6.37. The van der Waals surface area contributed by atoms with Crippen LogP contribution in [0, 0.1) is 0 Å². The van der Waals surface area contributed by atoms with Gasteiger partial charge < -0.3 is 5.11 Å². The van der Waals surface area contributed by atoms with Crippen LogP contribution in [0.4, 0.5) is 0 Å².